The lowest BCUT2D eigenvalue weighted by molar-refractivity contribution is -0.137. The van der Waals surface area contributed by atoms with Crippen LogP contribution in [-0.4, -0.2) is 84.8 Å². The highest BCUT2D eigenvalue weighted by atomic mass is 32.2. The first-order valence-electron chi connectivity index (χ1n) is 12.4. The van der Waals surface area contributed by atoms with Gasteiger partial charge in [-0.1, -0.05) is 30.3 Å². The van der Waals surface area contributed by atoms with Crippen molar-refractivity contribution < 1.29 is 27.5 Å². The van der Waals surface area contributed by atoms with E-state index in [1.807, 2.05) is 26.8 Å². The molecule has 0 bridgehead atoms. The maximum Gasteiger partial charge on any atom is 0.410 e. The summed E-state index contributed by atoms with van der Waals surface area (Å²) in [7, 11) is -3.83. The van der Waals surface area contributed by atoms with Gasteiger partial charge in [0.1, 0.15) is 11.6 Å². The summed E-state index contributed by atoms with van der Waals surface area (Å²) in [5, 5.41) is 0. The van der Waals surface area contributed by atoms with Crippen LogP contribution in [0, 0.1) is 5.92 Å². The molecule has 200 valence electrons. The van der Waals surface area contributed by atoms with E-state index in [9.17, 15) is 22.8 Å². The van der Waals surface area contributed by atoms with Gasteiger partial charge in [-0.25, -0.2) is 13.2 Å². The van der Waals surface area contributed by atoms with E-state index in [0.717, 1.165) is 0 Å². The Morgan fingerprint density at radius 2 is 1.69 bits per heavy atom. The number of nitrogens with zero attached hydrogens (tertiary/aromatic N) is 3. The van der Waals surface area contributed by atoms with Crippen LogP contribution in [0.15, 0.2) is 30.3 Å². The average molecular weight is 523 g/mol. The molecule has 0 radical (unpaired) electrons. The SMILES string of the molecule is CC(C)(C)OC(=O)N1CCC(CN(CC(=O)N2CCC[C@H]2C(N)=O)S(=O)(=O)Cc2ccccc2)CC1. The molecule has 3 amide bonds. The smallest absolute Gasteiger partial charge is 0.410 e. The molecule has 1 atom stereocenters. The van der Waals surface area contributed by atoms with Crippen molar-refractivity contribution >= 4 is 27.9 Å². The minimum atomic E-state index is -3.83. The van der Waals surface area contributed by atoms with Crippen LogP contribution in [0.5, 0.6) is 0 Å². The molecule has 36 heavy (non-hydrogen) atoms. The van der Waals surface area contributed by atoms with Crippen LogP contribution in [0.1, 0.15) is 52.0 Å². The van der Waals surface area contributed by atoms with E-state index in [2.05, 4.69) is 0 Å². The van der Waals surface area contributed by atoms with E-state index in [0.29, 0.717) is 50.9 Å². The maximum absolute atomic E-state index is 13.4. The van der Waals surface area contributed by atoms with Gasteiger partial charge in [-0.2, -0.15) is 4.31 Å². The largest absolute Gasteiger partial charge is 0.444 e. The number of hydrogen-bond donors (Lipinski definition) is 1. The third kappa shape index (κ3) is 7.67. The van der Waals surface area contributed by atoms with E-state index in [1.54, 1.807) is 29.2 Å². The van der Waals surface area contributed by atoms with Gasteiger partial charge in [0.15, 0.2) is 0 Å². The number of primary amides is 1. The fourth-order valence-corrected chi connectivity index (χ4v) is 6.21. The zero-order chi connectivity index (χ0) is 26.5. The van der Waals surface area contributed by atoms with Crippen LogP contribution in [0.2, 0.25) is 0 Å². The molecule has 2 fully saturated rings. The normalized spacial score (nSPS) is 19.5. The zero-order valence-electron chi connectivity index (χ0n) is 21.4. The highest BCUT2D eigenvalue weighted by Crippen LogP contribution is 2.24. The lowest BCUT2D eigenvalue weighted by atomic mass is 9.97. The maximum atomic E-state index is 13.4. The zero-order valence-corrected chi connectivity index (χ0v) is 22.2. The Morgan fingerprint density at radius 1 is 1.06 bits per heavy atom. The van der Waals surface area contributed by atoms with Gasteiger partial charge in [-0.3, -0.25) is 9.59 Å². The van der Waals surface area contributed by atoms with Crippen LogP contribution in [0.4, 0.5) is 4.79 Å². The number of piperidine rings is 1. The molecule has 0 spiro atoms. The molecule has 0 unspecified atom stereocenters. The average Bonchev–Trinajstić information content (AvgIpc) is 3.29. The van der Waals surface area contributed by atoms with Crippen molar-refractivity contribution in [2.75, 3.05) is 32.7 Å². The molecule has 10 nitrogen and oxygen atoms in total. The third-order valence-electron chi connectivity index (χ3n) is 6.53. The number of hydrogen-bond acceptors (Lipinski definition) is 6. The van der Waals surface area contributed by atoms with Crippen molar-refractivity contribution in [2.45, 2.75) is 63.9 Å². The van der Waals surface area contributed by atoms with E-state index in [-0.39, 0.29) is 30.9 Å². The Hall–Kier alpha value is -2.66. The first-order chi connectivity index (χ1) is 16.9. The predicted octanol–water partition coefficient (Wildman–Crippen LogP) is 1.94. The molecule has 1 aromatic carbocycles. The van der Waals surface area contributed by atoms with Crippen molar-refractivity contribution in [3.8, 4) is 0 Å². The molecule has 1 aromatic rings. The summed E-state index contributed by atoms with van der Waals surface area (Å²) < 4.78 is 33.6. The molecule has 2 heterocycles. The molecular weight excluding hydrogens is 484 g/mol. The summed E-state index contributed by atoms with van der Waals surface area (Å²) in [4.78, 5) is 40.3. The molecule has 0 aromatic heterocycles. The Balaban J connectivity index is 1.71. The van der Waals surface area contributed by atoms with Crippen LogP contribution < -0.4 is 5.73 Å². The fourth-order valence-electron chi connectivity index (χ4n) is 4.67. The van der Waals surface area contributed by atoms with E-state index >= 15 is 0 Å². The Kier molecular flexibility index (Phi) is 8.99. The predicted molar refractivity (Wildman–Crippen MR) is 135 cm³/mol. The number of ether oxygens (including phenoxy) is 1. The monoisotopic (exact) mass is 522 g/mol. The second-order valence-corrected chi connectivity index (χ2v) is 12.6. The first kappa shape index (κ1) is 27.9. The standard InChI is InChI=1S/C25H38N4O6S/c1-25(2,3)35-24(32)27-14-11-19(12-15-27)16-28(36(33,34)18-20-8-5-4-6-9-20)17-22(30)29-13-7-10-21(29)23(26)31/h4-6,8-9,19,21H,7,10-18H2,1-3H3,(H2,26,31)/t21-/m0/s1. The summed E-state index contributed by atoms with van der Waals surface area (Å²) in [5.41, 5.74) is 5.50. The van der Waals surface area contributed by atoms with Gasteiger partial charge in [-0.15, -0.1) is 0 Å². The van der Waals surface area contributed by atoms with E-state index < -0.39 is 33.5 Å². The van der Waals surface area contributed by atoms with E-state index in [4.69, 9.17) is 10.5 Å². The van der Waals surface area contributed by atoms with Crippen molar-refractivity contribution in [2.24, 2.45) is 11.7 Å². The van der Waals surface area contributed by atoms with Gasteiger partial charge in [0.05, 0.1) is 12.3 Å². The number of carbonyl (C=O) groups excluding carboxylic acids is 3. The molecular formula is C25H38N4O6S. The summed E-state index contributed by atoms with van der Waals surface area (Å²) in [5.74, 6) is -1.24. The van der Waals surface area contributed by atoms with Crippen LogP contribution in [0.3, 0.4) is 0 Å². The Morgan fingerprint density at radius 3 is 2.28 bits per heavy atom. The first-order valence-corrected chi connectivity index (χ1v) is 14.0. The topological polar surface area (TPSA) is 130 Å². The van der Waals surface area contributed by atoms with Crippen molar-refractivity contribution in [1.82, 2.24) is 14.1 Å². The number of nitrogens with two attached hydrogens (primary N) is 1. The van der Waals surface area contributed by atoms with Crippen molar-refractivity contribution in [1.29, 1.82) is 0 Å². The minimum absolute atomic E-state index is 0.0208. The summed E-state index contributed by atoms with van der Waals surface area (Å²) >= 11 is 0. The summed E-state index contributed by atoms with van der Waals surface area (Å²) in [6, 6.07) is 8.13. The van der Waals surface area contributed by atoms with Gasteiger partial charge in [-0.05, 0) is 57.9 Å². The van der Waals surface area contributed by atoms with Crippen molar-refractivity contribution in [3.63, 3.8) is 0 Å². The summed E-state index contributed by atoms with van der Waals surface area (Å²) in [6.45, 7) is 6.55. The van der Waals surface area contributed by atoms with Crippen LogP contribution in [0.25, 0.3) is 0 Å². The Bertz CT molecular complexity index is 1030. The molecule has 2 N–H and O–H groups in total. The summed E-state index contributed by atoms with van der Waals surface area (Å²) in [6.07, 6.45) is 1.95. The van der Waals surface area contributed by atoms with Gasteiger partial charge in [0.25, 0.3) is 0 Å². The molecule has 11 heteroatoms. The number of rotatable bonds is 8. The molecule has 2 saturated heterocycles. The minimum Gasteiger partial charge on any atom is -0.444 e. The second-order valence-electron chi connectivity index (χ2n) is 10.6. The van der Waals surface area contributed by atoms with Gasteiger partial charge < -0.3 is 20.3 Å². The van der Waals surface area contributed by atoms with Gasteiger partial charge >= 0.3 is 6.09 Å². The lowest BCUT2D eigenvalue weighted by Gasteiger charge is -2.35. The fraction of sp³-hybridized carbons (Fsp3) is 0.640. The van der Waals surface area contributed by atoms with Gasteiger partial charge in [0.2, 0.25) is 21.8 Å². The third-order valence-corrected chi connectivity index (χ3v) is 8.29. The molecule has 0 saturated carbocycles. The highest BCUT2D eigenvalue weighted by molar-refractivity contribution is 7.88. The second kappa shape index (κ2) is 11.6. The molecule has 2 aliphatic heterocycles. The molecule has 2 aliphatic rings. The number of benzene rings is 1. The van der Waals surface area contributed by atoms with Crippen molar-refractivity contribution in [3.05, 3.63) is 35.9 Å². The Labute approximate surface area is 213 Å². The number of amides is 3. The number of likely N-dealkylation sites (tertiary alicyclic amines) is 2. The quantitative estimate of drug-likeness (QED) is 0.555. The molecule has 3 rings (SSSR count). The van der Waals surface area contributed by atoms with Gasteiger partial charge in [0, 0.05) is 26.2 Å². The highest BCUT2D eigenvalue weighted by Gasteiger charge is 2.36. The number of carbonyl (C=O) groups is 3. The molecule has 0 aliphatic carbocycles. The van der Waals surface area contributed by atoms with E-state index in [1.165, 1.54) is 9.21 Å². The van der Waals surface area contributed by atoms with Crippen LogP contribution in [-0.2, 0) is 30.1 Å². The number of sulfonamides is 1. The lowest BCUT2D eigenvalue weighted by Crippen LogP contribution is -2.50. The van der Waals surface area contributed by atoms with Crippen LogP contribution >= 0.6 is 0 Å².